The normalized spacial score (nSPS) is 10.5. The number of nitrogens with zero attached hydrogens (tertiary/aromatic N) is 1. The van der Waals surface area contributed by atoms with Gasteiger partial charge in [0.1, 0.15) is 4.34 Å². The van der Waals surface area contributed by atoms with Gasteiger partial charge in [-0.1, -0.05) is 36.0 Å². The van der Waals surface area contributed by atoms with Crippen molar-refractivity contribution in [3.8, 4) is 0 Å². The van der Waals surface area contributed by atoms with Gasteiger partial charge in [0.2, 0.25) is 0 Å². The topological polar surface area (TPSA) is 53.4 Å². The predicted octanol–water partition coefficient (Wildman–Crippen LogP) is 1.42. The van der Waals surface area contributed by atoms with Gasteiger partial charge >= 0.3 is 7.12 Å². The fraction of sp³-hybridized carbons (Fsp3) is 0.182. The van der Waals surface area contributed by atoms with Gasteiger partial charge in [-0.05, 0) is 17.9 Å². The molecule has 1 heterocycles. The summed E-state index contributed by atoms with van der Waals surface area (Å²) in [6, 6.07) is 7.33. The molecule has 0 fully saturated rings. The van der Waals surface area contributed by atoms with E-state index in [4.69, 9.17) is 0 Å². The summed E-state index contributed by atoms with van der Waals surface area (Å²) in [6.07, 6.45) is 0. The molecule has 0 atom stereocenters. The SMILES string of the molecule is Cc1csc(SCc2ccccc2B(O)O)n1. The smallest absolute Gasteiger partial charge is 0.423 e. The Morgan fingerprint density at radius 1 is 1.35 bits per heavy atom. The molecule has 3 nitrogen and oxygen atoms in total. The Hall–Kier alpha value is -0.815. The Bertz CT molecular complexity index is 502. The summed E-state index contributed by atoms with van der Waals surface area (Å²) in [7, 11) is -1.41. The molecule has 0 radical (unpaired) electrons. The summed E-state index contributed by atoms with van der Waals surface area (Å²) < 4.78 is 1.00. The fourth-order valence-corrected chi connectivity index (χ4v) is 3.32. The summed E-state index contributed by atoms with van der Waals surface area (Å²) >= 11 is 3.22. The molecule has 0 aliphatic rings. The van der Waals surface area contributed by atoms with Crippen LogP contribution >= 0.6 is 23.1 Å². The van der Waals surface area contributed by atoms with Crippen LogP contribution in [0.2, 0.25) is 0 Å². The Morgan fingerprint density at radius 2 is 2.12 bits per heavy atom. The van der Waals surface area contributed by atoms with Crippen LogP contribution in [-0.2, 0) is 5.75 Å². The lowest BCUT2D eigenvalue weighted by Gasteiger charge is -2.06. The van der Waals surface area contributed by atoms with E-state index in [1.54, 1.807) is 35.2 Å². The monoisotopic (exact) mass is 265 g/mol. The van der Waals surface area contributed by atoms with E-state index in [1.165, 1.54) is 0 Å². The minimum atomic E-state index is -1.41. The van der Waals surface area contributed by atoms with Crippen molar-refractivity contribution in [2.75, 3.05) is 0 Å². The van der Waals surface area contributed by atoms with Crippen LogP contribution < -0.4 is 5.46 Å². The molecule has 2 N–H and O–H groups in total. The van der Waals surface area contributed by atoms with Crippen molar-refractivity contribution >= 4 is 35.7 Å². The number of thiazole rings is 1. The molecule has 1 aromatic heterocycles. The van der Waals surface area contributed by atoms with Gasteiger partial charge in [-0.25, -0.2) is 4.98 Å². The molecule has 0 amide bonds. The van der Waals surface area contributed by atoms with Crippen LogP contribution in [0.1, 0.15) is 11.3 Å². The molecule has 0 aliphatic heterocycles. The van der Waals surface area contributed by atoms with Crippen LogP contribution in [0.25, 0.3) is 0 Å². The number of rotatable bonds is 4. The van der Waals surface area contributed by atoms with Gasteiger partial charge in [0.25, 0.3) is 0 Å². The van der Waals surface area contributed by atoms with E-state index in [0.29, 0.717) is 11.2 Å². The number of hydrogen-bond donors (Lipinski definition) is 2. The second-order valence-corrected chi connectivity index (χ2v) is 5.70. The van der Waals surface area contributed by atoms with E-state index < -0.39 is 7.12 Å². The van der Waals surface area contributed by atoms with E-state index in [-0.39, 0.29) is 0 Å². The Morgan fingerprint density at radius 3 is 2.76 bits per heavy atom. The van der Waals surface area contributed by atoms with Gasteiger partial charge in [-0.15, -0.1) is 11.3 Å². The number of aryl methyl sites for hydroxylation is 1. The van der Waals surface area contributed by atoms with Gasteiger partial charge in [0, 0.05) is 16.8 Å². The maximum atomic E-state index is 9.24. The van der Waals surface area contributed by atoms with E-state index in [2.05, 4.69) is 4.98 Å². The summed E-state index contributed by atoms with van der Waals surface area (Å²) in [5.74, 6) is 0.695. The van der Waals surface area contributed by atoms with Crippen LogP contribution in [0.4, 0.5) is 0 Å². The van der Waals surface area contributed by atoms with Crippen molar-refractivity contribution in [3.05, 3.63) is 40.9 Å². The Balaban J connectivity index is 2.08. The van der Waals surface area contributed by atoms with Crippen molar-refractivity contribution in [1.29, 1.82) is 0 Å². The van der Waals surface area contributed by atoms with Crippen molar-refractivity contribution < 1.29 is 10.0 Å². The molecule has 0 unspecified atom stereocenters. The van der Waals surface area contributed by atoms with Gasteiger partial charge < -0.3 is 10.0 Å². The number of thioether (sulfide) groups is 1. The molecule has 0 spiro atoms. The third-order valence-corrected chi connectivity index (χ3v) is 4.47. The fourth-order valence-electron chi connectivity index (χ4n) is 1.46. The lowest BCUT2D eigenvalue weighted by Crippen LogP contribution is -2.32. The molecule has 0 saturated carbocycles. The standard InChI is InChI=1S/C11H12BNO2S2/c1-8-6-16-11(13-8)17-7-9-4-2-3-5-10(9)12(14)15/h2-6,14-15H,7H2,1H3. The zero-order valence-corrected chi connectivity index (χ0v) is 11.0. The van der Waals surface area contributed by atoms with E-state index >= 15 is 0 Å². The van der Waals surface area contributed by atoms with Crippen LogP contribution in [-0.4, -0.2) is 22.2 Å². The van der Waals surface area contributed by atoms with Crippen LogP contribution in [0.5, 0.6) is 0 Å². The van der Waals surface area contributed by atoms with Crippen LogP contribution in [0.15, 0.2) is 34.0 Å². The molecule has 88 valence electrons. The maximum absolute atomic E-state index is 9.24. The first-order chi connectivity index (χ1) is 8.16. The first-order valence-electron chi connectivity index (χ1n) is 5.15. The molecule has 6 heteroatoms. The van der Waals surface area contributed by atoms with E-state index in [1.807, 2.05) is 24.4 Å². The highest BCUT2D eigenvalue weighted by atomic mass is 32.2. The number of hydrogen-bond acceptors (Lipinski definition) is 5. The van der Waals surface area contributed by atoms with Crippen molar-refractivity contribution in [2.45, 2.75) is 17.0 Å². The van der Waals surface area contributed by atoms with Crippen molar-refractivity contribution in [2.24, 2.45) is 0 Å². The number of aromatic nitrogens is 1. The van der Waals surface area contributed by atoms with Gasteiger partial charge in [-0.2, -0.15) is 0 Å². The quantitative estimate of drug-likeness (QED) is 0.648. The third-order valence-electron chi connectivity index (χ3n) is 2.28. The Kier molecular flexibility index (Phi) is 4.23. The molecular weight excluding hydrogens is 253 g/mol. The van der Waals surface area contributed by atoms with Gasteiger partial charge in [0.05, 0.1) is 0 Å². The summed E-state index contributed by atoms with van der Waals surface area (Å²) in [4.78, 5) is 4.36. The summed E-state index contributed by atoms with van der Waals surface area (Å²) in [5.41, 5.74) is 2.52. The van der Waals surface area contributed by atoms with Crippen LogP contribution in [0.3, 0.4) is 0 Å². The second-order valence-electron chi connectivity index (χ2n) is 3.62. The molecule has 0 aliphatic carbocycles. The molecule has 2 rings (SSSR count). The molecule has 1 aromatic carbocycles. The average Bonchev–Trinajstić information content (AvgIpc) is 2.73. The van der Waals surface area contributed by atoms with Crippen molar-refractivity contribution in [3.63, 3.8) is 0 Å². The summed E-state index contributed by atoms with van der Waals surface area (Å²) in [6.45, 7) is 1.96. The minimum Gasteiger partial charge on any atom is -0.423 e. The average molecular weight is 265 g/mol. The maximum Gasteiger partial charge on any atom is 0.488 e. The highest BCUT2D eigenvalue weighted by molar-refractivity contribution is 8.00. The minimum absolute atomic E-state index is 0.563. The first-order valence-corrected chi connectivity index (χ1v) is 7.02. The third kappa shape index (κ3) is 3.32. The molecule has 0 saturated heterocycles. The zero-order valence-electron chi connectivity index (χ0n) is 9.33. The van der Waals surface area contributed by atoms with Crippen LogP contribution in [0, 0.1) is 6.92 Å². The lowest BCUT2D eigenvalue weighted by atomic mass is 9.77. The second kappa shape index (κ2) is 5.68. The number of benzene rings is 1. The van der Waals surface area contributed by atoms with E-state index in [9.17, 15) is 10.0 Å². The molecule has 0 bridgehead atoms. The van der Waals surface area contributed by atoms with Gasteiger partial charge in [-0.3, -0.25) is 0 Å². The van der Waals surface area contributed by atoms with E-state index in [0.717, 1.165) is 15.6 Å². The first kappa shape index (κ1) is 12.6. The highest BCUT2D eigenvalue weighted by Gasteiger charge is 2.15. The Labute approximate surface area is 109 Å². The summed E-state index contributed by atoms with van der Waals surface area (Å²) in [5, 5.41) is 20.5. The molecule has 2 aromatic rings. The lowest BCUT2D eigenvalue weighted by molar-refractivity contribution is 0.425. The highest BCUT2D eigenvalue weighted by Crippen LogP contribution is 2.25. The van der Waals surface area contributed by atoms with Gasteiger partial charge in [0.15, 0.2) is 0 Å². The largest absolute Gasteiger partial charge is 0.488 e. The molecular formula is C11H12BNO2S2. The van der Waals surface area contributed by atoms with Crippen molar-refractivity contribution in [1.82, 2.24) is 4.98 Å². The molecule has 17 heavy (non-hydrogen) atoms. The zero-order chi connectivity index (χ0) is 12.3. The predicted molar refractivity (Wildman–Crippen MR) is 72.7 cm³/mol.